The highest BCUT2D eigenvalue weighted by Crippen LogP contribution is 2.35. The SMILES string of the molecule is O=C(O)C1CCC(c2nnc3ccccn23)CC1. The molecule has 5 nitrogen and oxygen atoms in total. The molecule has 94 valence electrons. The Bertz CT molecular complexity index is 570. The van der Waals surface area contributed by atoms with E-state index in [2.05, 4.69) is 10.2 Å². The zero-order chi connectivity index (χ0) is 12.5. The van der Waals surface area contributed by atoms with Crippen molar-refractivity contribution in [3.05, 3.63) is 30.2 Å². The summed E-state index contributed by atoms with van der Waals surface area (Å²) in [7, 11) is 0. The third kappa shape index (κ3) is 1.85. The Morgan fingerprint density at radius 1 is 1.22 bits per heavy atom. The van der Waals surface area contributed by atoms with Crippen LogP contribution in [0.1, 0.15) is 37.4 Å². The molecule has 5 heteroatoms. The van der Waals surface area contributed by atoms with Gasteiger partial charge < -0.3 is 5.11 Å². The number of hydrogen-bond acceptors (Lipinski definition) is 3. The van der Waals surface area contributed by atoms with Crippen LogP contribution in [0.25, 0.3) is 5.65 Å². The van der Waals surface area contributed by atoms with Crippen molar-refractivity contribution in [3.63, 3.8) is 0 Å². The normalized spacial score (nSPS) is 24.2. The van der Waals surface area contributed by atoms with Gasteiger partial charge in [-0.2, -0.15) is 0 Å². The molecule has 0 amide bonds. The number of rotatable bonds is 2. The molecule has 0 saturated heterocycles. The maximum absolute atomic E-state index is 10.9. The first-order chi connectivity index (χ1) is 8.75. The van der Waals surface area contributed by atoms with Crippen molar-refractivity contribution in [2.45, 2.75) is 31.6 Å². The third-order valence-electron chi connectivity index (χ3n) is 3.78. The molecule has 3 rings (SSSR count). The number of pyridine rings is 1. The highest BCUT2D eigenvalue weighted by Gasteiger charge is 2.29. The molecule has 2 aromatic heterocycles. The molecule has 0 aromatic carbocycles. The fourth-order valence-corrected chi connectivity index (χ4v) is 2.74. The molecular formula is C13H15N3O2. The molecule has 0 unspecified atom stereocenters. The monoisotopic (exact) mass is 245 g/mol. The van der Waals surface area contributed by atoms with Crippen molar-refractivity contribution in [2.75, 3.05) is 0 Å². The van der Waals surface area contributed by atoms with Crippen LogP contribution in [0.3, 0.4) is 0 Å². The minimum atomic E-state index is -0.667. The fourth-order valence-electron chi connectivity index (χ4n) is 2.74. The fraction of sp³-hybridized carbons (Fsp3) is 0.462. The van der Waals surface area contributed by atoms with Gasteiger partial charge in [-0.1, -0.05) is 6.07 Å². The van der Waals surface area contributed by atoms with Crippen LogP contribution < -0.4 is 0 Å². The summed E-state index contributed by atoms with van der Waals surface area (Å²) in [4.78, 5) is 10.9. The van der Waals surface area contributed by atoms with Gasteiger partial charge in [0.25, 0.3) is 0 Å². The molecule has 1 fully saturated rings. The molecule has 1 aliphatic carbocycles. The smallest absolute Gasteiger partial charge is 0.306 e. The summed E-state index contributed by atoms with van der Waals surface area (Å²) in [6, 6.07) is 5.83. The minimum Gasteiger partial charge on any atom is -0.481 e. The summed E-state index contributed by atoms with van der Waals surface area (Å²) in [5, 5.41) is 17.4. The van der Waals surface area contributed by atoms with E-state index in [0.717, 1.165) is 37.2 Å². The van der Waals surface area contributed by atoms with Crippen molar-refractivity contribution < 1.29 is 9.90 Å². The molecule has 1 N–H and O–H groups in total. The summed E-state index contributed by atoms with van der Waals surface area (Å²) in [6.45, 7) is 0. The maximum atomic E-state index is 10.9. The number of carbonyl (C=O) groups is 1. The number of aliphatic carboxylic acids is 1. The Labute approximate surface area is 104 Å². The average Bonchev–Trinajstić information content (AvgIpc) is 2.82. The van der Waals surface area contributed by atoms with Crippen LogP contribution in [0.5, 0.6) is 0 Å². The van der Waals surface area contributed by atoms with Crippen LogP contribution >= 0.6 is 0 Å². The summed E-state index contributed by atoms with van der Waals surface area (Å²) in [5.74, 6) is 0.451. The molecule has 0 aliphatic heterocycles. The number of hydrogen-bond donors (Lipinski definition) is 1. The number of nitrogens with zero attached hydrogens (tertiary/aromatic N) is 3. The van der Waals surface area contributed by atoms with E-state index in [1.165, 1.54) is 0 Å². The van der Waals surface area contributed by atoms with Crippen LogP contribution in [0.4, 0.5) is 0 Å². The second-order valence-corrected chi connectivity index (χ2v) is 4.87. The van der Waals surface area contributed by atoms with E-state index in [0.29, 0.717) is 5.92 Å². The lowest BCUT2D eigenvalue weighted by molar-refractivity contribution is -0.142. The standard InChI is InChI=1S/C13H15N3O2/c17-13(18)10-6-4-9(5-7-10)12-15-14-11-3-1-2-8-16(11)12/h1-3,8-10H,4-7H2,(H,17,18). The van der Waals surface area contributed by atoms with Crippen molar-refractivity contribution in [3.8, 4) is 0 Å². The van der Waals surface area contributed by atoms with Gasteiger partial charge in [-0.3, -0.25) is 9.20 Å². The van der Waals surface area contributed by atoms with Gasteiger partial charge in [0.1, 0.15) is 5.82 Å². The number of carboxylic acid groups (broad SMARTS) is 1. The molecule has 2 aromatic rings. The first kappa shape index (κ1) is 11.2. The molecule has 2 heterocycles. The van der Waals surface area contributed by atoms with E-state index in [9.17, 15) is 4.79 Å². The summed E-state index contributed by atoms with van der Waals surface area (Å²) >= 11 is 0. The molecule has 0 atom stereocenters. The van der Waals surface area contributed by atoms with Crippen LogP contribution in [0, 0.1) is 5.92 Å². The summed E-state index contributed by atoms with van der Waals surface area (Å²) < 4.78 is 2.01. The van der Waals surface area contributed by atoms with Crippen molar-refractivity contribution in [2.24, 2.45) is 5.92 Å². The van der Waals surface area contributed by atoms with E-state index < -0.39 is 5.97 Å². The molecule has 1 aliphatic rings. The van der Waals surface area contributed by atoms with Crippen molar-refractivity contribution in [1.82, 2.24) is 14.6 Å². The first-order valence-electron chi connectivity index (χ1n) is 6.28. The molecule has 18 heavy (non-hydrogen) atoms. The highest BCUT2D eigenvalue weighted by atomic mass is 16.4. The number of fused-ring (bicyclic) bond motifs is 1. The zero-order valence-corrected chi connectivity index (χ0v) is 9.99. The molecule has 1 saturated carbocycles. The molecule has 0 spiro atoms. The molecule has 0 bridgehead atoms. The number of carboxylic acids is 1. The van der Waals surface area contributed by atoms with Crippen LogP contribution in [-0.2, 0) is 4.79 Å². The third-order valence-corrected chi connectivity index (χ3v) is 3.78. The molecular weight excluding hydrogens is 230 g/mol. The Morgan fingerprint density at radius 3 is 2.72 bits per heavy atom. The lowest BCUT2D eigenvalue weighted by atomic mass is 9.81. The predicted octanol–water partition coefficient (Wildman–Crippen LogP) is 2.09. The van der Waals surface area contributed by atoms with Gasteiger partial charge in [0.05, 0.1) is 5.92 Å². The lowest BCUT2D eigenvalue weighted by Crippen LogP contribution is -2.21. The van der Waals surface area contributed by atoms with E-state index in [-0.39, 0.29) is 5.92 Å². The Kier molecular flexibility index (Phi) is 2.74. The van der Waals surface area contributed by atoms with Crippen LogP contribution in [-0.4, -0.2) is 25.7 Å². The van der Waals surface area contributed by atoms with E-state index >= 15 is 0 Å². The van der Waals surface area contributed by atoms with Gasteiger partial charge in [0.15, 0.2) is 5.65 Å². The van der Waals surface area contributed by atoms with E-state index in [1.54, 1.807) is 0 Å². The zero-order valence-electron chi connectivity index (χ0n) is 9.99. The Balaban J connectivity index is 1.82. The minimum absolute atomic E-state index is 0.180. The first-order valence-corrected chi connectivity index (χ1v) is 6.28. The van der Waals surface area contributed by atoms with Gasteiger partial charge in [-0.25, -0.2) is 0 Å². The molecule has 0 radical (unpaired) electrons. The second-order valence-electron chi connectivity index (χ2n) is 4.87. The maximum Gasteiger partial charge on any atom is 0.306 e. The lowest BCUT2D eigenvalue weighted by Gasteiger charge is -2.24. The van der Waals surface area contributed by atoms with Gasteiger partial charge in [-0.15, -0.1) is 10.2 Å². The van der Waals surface area contributed by atoms with Crippen LogP contribution in [0.2, 0.25) is 0 Å². The largest absolute Gasteiger partial charge is 0.481 e. The highest BCUT2D eigenvalue weighted by molar-refractivity contribution is 5.70. The quantitative estimate of drug-likeness (QED) is 0.879. The van der Waals surface area contributed by atoms with Crippen molar-refractivity contribution in [1.29, 1.82) is 0 Å². The summed E-state index contributed by atoms with van der Waals surface area (Å²) in [5.41, 5.74) is 0.854. The Hall–Kier alpha value is -1.91. The second kappa shape index (κ2) is 4.40. The van der Waals surface area contributed by atoms with Crippen molar-refractivity contribution >= 4 is 11.6 Å². The van der Waals surface area contributed by atoms with Crippen LogP contribution in [0.15, 0.2) is 24.4 Å². The van der Waals surface area contributed by atoms with Gasteiger partial charge in [0, 0.05) is 12.1 Å². The summed E-state index contributed by atoms with van der Waals surface area (Å²) in [6.07, 6.45) is 5.21. The topological polar surface area (TPSA) is 67.5 Å². The number of aromatic nitrogens is 3. The van der Waals surface area contributed by atoms with Gasteiger partial charge in [-0.05, 0) is 37.8 Å². The van der Waals surface area contributed by atoms with E-state index in [4.69, 9.17) is 5.11 Å². The van der Waals surface area contributed by atoms with Gasteiger partial charge >= 0.3 is 5.97 Å². The van der Waals surface area contributed by atoms with E-state index in [1.807, 2.05) is 28.8 Å². The average molecular weight is 245 g/mol. The Morgan fingerprint density at radius 2 is 2.00 bits per heavy atom. The predicted molar refractivity (Wildman–Crippen MR) is 65.3 cm³/mol. The van der Waals surface area contributed by atoms with Gasteiger partial charge in [0.2, 0.25) is 0 Å².